The average molecular weight is 327 g/mol. The van der Waals surface area contributed by atoms with E-state index in [4.69, 9.17) is 4.42 Å². The van der Waals surface area contributed by atoms with Gasteiger partial charge in [-0.1, -0.05) is 0 Å². The number of halogens is 1. The van der Waals surface area contributed by atoms with Crippen molar-refractivity contribution in [3.05, 3.63) is 22.6 Å². The number of hydrogen-bond acceptors (Lipinski definition) is 3. The molecule has 5 heteroatoms. The number of hydrogen-bond donors (Lipinski definition) is 1. The first kappa shape index (κ1) is 13.2. The minimum absolute atomic E-state index is 0.0438. The maximum Gasteiger partial charge on any atom is 0.289 e. The Bertz CT molecular complexity index is 460. The highest BCUT2D eigenvalue weighted by Crippen LogP contribution is 2.30. The molecule has 2 atom stereocenters. The number of fused-ring (bicyclic) bond motifs is 1. The van der Waals surface area contributed by atoms with Crippen LogP contribution in [0, 0.1) is 5.92 Å². The molecule has 2 unspecified atom stereocenters. The first-order chi connectivity index (χ1) is 9.25. The first-order valence-electron chi connectivity index (χ1n) is 7.03. The quantitative estimate of drug-likeness (QED) is 0.862. The molecule has 3 rings (SSSR count). The van der Waals surface area contributed by atoms with Crippen LogP contribution in [0.15, 0.2) is 21.2 Å². The minimum atomic E-state index is 0.0438. The number of carbonyl (C=O) groups excluding carboxylic acids is 1. The first-order valence-corrected chi connectivity index (χ1v) is 7.82. The summed E-state index contributed by atoms with van der Waals surface area (Å²) < 4.78 is 6.04. The monoisotopic (exact) mass is 326 g/mol. The van der Waals surface area contributed by atoms with Crippen molar-refractivity contribution in [3.63, 3.8) is 0 Å². The molecule has 2 aliphatic heterocycles. The molecule has 2 saturated heterocycles. The molecule has 2 aliphatic rings. The molecule has 0 bridgehead atoms. The summed E-state index contributed by atoms with van der Waals surface area (Å²) in [6.07, 6.45) is 4.57. The highest BCUT2D eigenvalue weighted by Gasteiger charge is 2.35. The summed E-state index contributed by atoms with van der Waals surface area (Å²) in [6, 6.07) is 3.91. The van der Waals surface area contributed by atoms with Crippen LogP contribution in [-0.4, -0.2) is 36.5 Å². The fourth-order valence-electron chi connectivity index (χ4n) is 3.31. The number of piperidine rings is 1. The van der Waals surface area contributed by atoms with Crippen LogP contribution in [0.2, 0.25) is 0 Å². The molecule has 0 radical (unpaired) electrons. The van der Waals surface area contributed by atoms with Gasteiger partial charge in [-0.15, -0.1) is 0 Å². The molecule has 0 aromatic carbocycles. The van der Waals surface area contributed by atoms with Gasteiger partial charge in [0.2, 0.25) is 0 Å². The van der Waals surface area contributed by atoms with Crippen LogP contribution in [0.3, 0.4) is 0 Å². The fraction of sp³-hybridized carbons (Fsp3) is 0.643. The molecule has 2 fully saturated rings. The number of amides is 1. The van der Waals surface area contributed by atoms with E-state index in [1.165, 1.54) is 6.42 Å². The Labute approximate surface area is 121 Å². The largest absolute Gasteiger partial charge is 0.444 e. The van der Waals surface area contributed by atoms with Crippen LogP contribution >= 0.6 is 15.9 Å². The molecular formula is C14H19BrN2O2. The van der Waals surface area contributed by atoms with E-state index in [-0.39, 0.29) is 5.91 Å². The highest BCUT2D eigenvalue weighted by atomic mass is 79.9. The molecule has 1 aromatic rings. The molecule has 4 nitrogen and oxygen atoms in total. The number of nitrogens with zero attached hydrogens (tertiary/aromatic N) is 1. The zero-order valence-electron chi connectivity index (χ0n) is 10.9. The van der Waals surface area contributed by atoms with Crippen LogP contribution < -0.4 is 5.32 Å². The lowest BCUT2D eigenvalue weighted by Gasteiger charge is -2.40. The molecule has 1 N–H and O–H groups in total. The van der Waals surface area contributed by atoms with Gasteiger partial charge >= 0.3 is 0 Å². The Morgan fingerprint density at radius 1 is 1.37 bits per heavy atom. The number of likely N-dealkylation sites (tertiary alicyclic amines) is 1. The number of carbonyl (C=O) groups is 1. The van der Waals surface area contributed by atoms with Crippen molar-refractivity contribution in [1.82, 2.24) is 10.2 Å². The van der Waals surface area contributed by atoms with E-state index in [0.717, 1.165) is 38.9 Å². The van der Waals surface area contributed by atoms with E-state index in [9.17, 15) is 4.79 Å². The lowest BCUT2D eigenvalue weighted by Crippen LogP contribution is -2.49. The second kappa shape index (κ2) is 5.67. The van der Waals surface area contributed by atoms with Gasteiger partial charge < -0.3 is 14.6 Å². The standard InChI is InChI=1S/C14H19BrN2O2/c15-13-6-5-12(19-13)14(18)17-8-2-3-10-9-16-7-1-4-11(10)17/h5-6,10-11,16H,1-4,7-9H2. The van der Waals surface area contributed by atoms with Gasteiger partial charge in [0.1, 0.15) is 0 Å². The fourth-order valence-corrected chi connectivity index (χ4v) is 3.62. The van der Waals surface area contributed by atoms with Gasteiger partial charge in [0.15, 0.2) is 10.4 Å². The van der Waals surface area contributed by atoms with Gasteiger partial charge in [-0.25, -0.2) is 0 Å². The predicted octanol–water partition coefficient (Wildman–Crippen LogP) is 2.65. The molecule has 19 heavy (non-hydrogen) atoms. The van der Waals surface area contributed by atoms with Crippen LogP contribution in [0.4, 0.5) is 0 Å². The summed E-state index contributed by atoms with van der Waals surface area (Å²) in [4.78, 5) is 14.6. The second-order valence-corrected chi connectivity index (χ2v) is 6.20. The summed E-state index contributed by atoms with van der Waals surface area (Å²) in [5.41, 5.74) is 0. The van der Waals surface area contributed by atoms with Gasteiger partial charge in [0.25, 0.3) is 5.91 Å². The SMILES string of the molecule is O=C(c1ccc(Br)o1)N1CCCC2CNCCCC21. The van der Waals surface area contributed by atoms with Crippen LogP contribution in [0.1, 0.15) is 36.2 Å². The van der Waals surface area contributed by atoms with E-state index >= 15 is 0 Å². The molecule has 3 heterocycles. The van der Waals surface area contributed by atoms with Crippen LogP contribution in [0.25, 0.3) is 0 Å². The average Bonchev–Trinajstić information content (AvgIpc) is 2.71. The third-order valence-electron chi connectivity index (χ3n) is 4.22. The topological polar surface area (TPSA) is 45.5 Å². The van der Waals surface area contributed by atoms with Crippen LogP contribution in [0.5, 0.6) is 0 Å². The third kappa shape index (κ3) is 2.72. The number of furan rings is 1. The highest BCUT2D eigenvalue weighted by molar-refractivity contribution is 9.10. The molecular weight excluding hydrogens is 308 g/mol. The van der Waals surface area contributed by atoms with Crippen molar-refractivity contribution in [2.75, 3.05) is 19.6 Å². The number of rotatable bonds is 1. The minimum Gasteiger partial charge on any atom is -0.444 e. The van der Waals surface area contributed by atoms with E-state index in [0.29, 0.717) is 22.4 Å². The van der Waals surface area contributed by atoms with Gasteiger partial charge in [-0.2, -0.15) is 0 Å². The Kier molecular flexibility index (Phi) is 3.93. The summed E-state index contributed by atoms with van der Waals surface area (Å²) >= 11 is 3.26. The summed E-state index contributed by atoms with van der Waals surface area (Å²) in [6.45, 7) is 2.97. The third-order valence-corrected chi connectivity index (χ3v) is 4.65. The molecule has 1 aromatic heterocycles. The smallest absolute Gasteiger partial charge is 0.289 e. The molecule has 0 saturated carbocycles. The predicted molar refractivity (Wildman–Crippen MR) is 76.1 cm³/mol. The van der Waals surface area contributed by atoms with E-state index < -0.39 is 0 Å². The Morgan fingerprint density at radius 3 is 3.05 bits per heavy atom. The van der Waals surface area contributed by atoms with Crippen molar-refractivity contribution in [2.24, 2.45) is 5.92 Å². The van der Waals surface area contributed by atoms with Gasteiger partial charge in [0.05, 0.1) is 0 Å². The van der Waals surface area contributed by atoms with Crippen molar-refractivity contribution in [2.45, 2.75) is 31.7 Å². The van der Waals surface area contributed by atoms with E-state index in [1.807, 2.05) is 4.90 Å². The van der Waals surface area contributed by atoms with Gasteiger partial charge in [-0.05, 0) is 72.8 Å². The van der Waals surface area contributed by atoms with Gasteiger partial charge in [0, 0.05) is 12.6 Å². The number of nitrogens with one attached hydrogen (secondary N) is 1. The Hall–Kier alpha value is -0.810. The zero-order valence-corrected chi connectivity index (χ0v) is 12.5. The molecule has 0 aliphatic carbocycles. The van der Waals surface area contributed by atoms with Crippen molar-refractivity contribution < 1.29 is 9.21 Å². The second-order valence-electron chi connectivity index (χ2n) is 5.42. The Morgan fingerprint density at radius 2 is 2.26 bits per heavy atom. The van der Waals surface area contributed by atoms with E-state index in [2.05, 4.69) is 21.2 Å². The molecule has 1 amide bonds. The van der Waals surface area contributed by atoms with Crippen molar-refractivity contribution in [1.29, 1.82) is 0 Å². The van der Waals surface area contributed by atoms with Crippen molar-refractivity contribution >= 4 is 21.8 Å². The molecule has 104 valence electrons. The molecule has 0 spiro atoms. The maximum absolute atomic E-state index is 12.6. The normalized spacial score (nSPS) is 27.7. The van der Waals surface area contributed by atoms with Gasteiger partial charge in [-0.3, -0.25) is 4.79 Å². The van der Waals surface area contributed by atoms with Crippen molar-refractivity contribution in [3.8, 4) is 0 Å². The zero-order chi connectivity index (χ0) is 13.2. The lowest BCUT2D eigenvalue weighted by molar-refractivity contribution is 0.0463. The lowest BCUT2D eigenvalue weighted by atomic mass is 9.87. The summed E-state index contributed by atoms with van der Waals surface area (Å²) in [7, 11) is 0. The maximum atomic E-state index is 12.6. The Balaban J connectivity index is 1.80. The summed E-state index contributed by atoms with van der Waals surface area (Å²) in [5.74, 6) is 1.09. The van der Waals surface area contributed by atoms with Crippen LogP contribution in [-0.2, 0) is 0 Å². The van der Waals surface area contributed by atoms with E-state index in [1.54, 1.807) is 12.1 Å². The summed E-state index contributed by atoms with van der Waals surface area (Å²) in [5, 5.41) is 3.48.